The molecule has 0 fully saturated rings. The third-order valence-electron chi connectivity index (χ3n) is 4.78. The van der Waals surface area contributed by atoms with Crippen LogP contribution in [-0.2, 0) is 0 Å². The Labute approximate surface area is 171 Å². The molecule has 0 aliphatic heterocycles. The fraction of sp³-hybridized carbons (Fsp3) is 0.0435. The van der Waals surface area contributed by atoms with Gasteiger partial charge in [-0.25, -0.2) is 0 Å². The SMILES string of the molecule is COc1ccc(-n2nc(-c3nc(-c4ccccc4)no3)c3ccccc3c2=O)cc1. The van der Waals surface area contributed by atoms with Crippen LogP contribution in [0.25, 0.3) is 39.4 Å². The number of methoxy groups -OCH3 is 1. The first-order valence-corrected chi connectivity index (χ1v) is 9.30. The second kappa shape index (κ2) is 7.29. The zero-order chi connectivity index (χ0) is 20.5. The highest BCUT2D eigenvalue weighted by Gasteiger charge is 2.19. The van der Waals surface area contributed by atoms with Gasteiger partial charge in [-0.15, -0.1) is 0 Å². The molecule has 0 aliphatic rings. The third-order valence-corrected chi connectivity index (χ3v) is 4.78. The number of fused-ring (bicyclic) bond motifs is 1. The number of nitrogens with zero attached hydrogens (tertiary/aromatic N) is 4. The average molecular weight is 396 g/mol. The summed E-state index contributed by atoms with van der Waals surface area (Å²) >= 11 is 0. The fourth-order valence-electron chi connectivity index (χ4n) is 3.27. The number of hydrogen-bond acceptors (Lipinski definition) is 6. The Kier molecular flexibility index (Phi) is 4.33. The minimum atomic E-state index is -0.234. The Bertz CT molecular complexity index is 1390. The average Bonchev–Trinajstić information content (AvgIpc) is 3.30. The van der Waals surface area contributed by atoms with Crippen LogP contribution < -0.4 is 10.3 Å². The zero-order valence-corrected chi connectivity index (χ0v) is 16.0. The maximum Gasteiger partial charge on any atom is 0.279 e. The minimum Gasteiger partial charge on any atom is -0.497 e. The van der Waals surface area contributed by atoms with E-state index in [1.807, 2.05) is 48.5 Å². The van der Waals surface area contributed by atoms with E-state index in [2.05, 4.69) is 15.2 Å². The van der Waals surface area contributed by atoms with Gasteiger partial charge in [0.1, 0.15) is 5.75 Å². The van der Waals surface area contributed by atoms with Crippen molar-refractivity contribution in [3.05, 3.63) is 89.2 Å². The van der Waals surface area contributed by atoms with E-state index in [9.17, 15) is 4.79 Å². The Morgan fingerprint density at radius 3 is 2.30 bits per heavy atom. The summed E-state index contributed by atoms with van der Waals surface area (Å²) < 4.78 is 12.1. The molecule has 0 saturated carbocycles. The molecule has 0 spiro atoms. The van der Waals surface area contributed by atoms with Crippen molar-refractivity contribution in [3.8, 4) is 34.4 Å². The summed E-state index contributed by atoms with van der Waals surface area (Å²) in [5, 5.41) is 9.82. The van der Waals surface area contributed by atoms with Gasteiger partial charge in [-0.2, -0.15) is 14.8 Å². The van der Waals surface area contributed by atoms with Gasteiger partial charge < -0.3 is 9.26 Å². The zero-order valence-electron chi connectivity index (χ0n) is 16.0. The van der Waals surface area contributed by atoms with Crippen LogP contribution in [0.3, 0.4) is 0 Å². The number of ether oxygens (including phenoxy) is 1. The lowest BCUT2D eigenvalue weighted by molar-refractivity contribution is 0.414. The molecule has 0 atom stereocenters. The Morgan fingerprint density at radius 1 is 0.867 bits per heavy atom. The van der Waals surface area contributed by atoms with E-state index in [1.165, 1.54) is 4.68 Å². The van der Waals surface area contributed by atoms with Crippen LogP contribution in [0.5, 0.6) is 5.75 Å². The van der Waals surface area contributed by atoms with Gasteiger partial charge in [0.05, 0.1) is 18.2 Å². The van der Waals surface area contributed by atoms with E-state index in [-0.39, 0.29) is 11.4 Å². The number of benzene rings is 3. The normalized spacial score (nSPS) is 11.0. The van der Waals surface area contributed by atoms with E-state index in [4.69, 9.17) is 9.26 Å². The monoisotopic (exact) mass is 396 g/mol. The van der Waals surface area contributed by atoms with E-state index < -0.39 is 0 Å². The lowest BCUT2D eigenvalue weighted by Gasteiger charge is -2.09. The predicted octanol–water partition coefficient (Wildman–Crippen LogP) is 4.11. The summed E-state index contributed by atoms with van der Waals surface area (Å²) in [4.78, 5) is 17.6. The van der Waals surface area contributed by atoms with E-state index in [0.717, 1.165) is 5.56 Å². The highest BCUT2D eigenvalue weighted by atomic mass is 16.5. The molecule has 2 aromatic heterocycles. The molecule has 30 heavy (non-hydrogen) atoms. The first-order chi connectivity index (χ1) is 14.7. The van der Waals surface area contributed by atoms with Crippen molar-refractivity contribution in [2.45, 2.75) is 0 Å². The van der Waals surface area contributed by atoms with E-state index >= 15 is 0 Å². The van der Waals surface area contributed by atoms with Gasteiger partial charge in [-0.3, -0.25) is 4.79 Å². The van der Waals surface area contributed by atoms with Crippen LogP contribution in [0.15, 0.2) is 88.2 Å². The van der Waals surface area contributed by atoms with Crippen LogP contribution >= 0.6 is 0 Å². The van der Waals surface area contributed by atoms with Crippen LogP contribution in [0.1, 0.15) is 0 Å². The van der Waals surface area contributed by atoms with Gasteiger partial charge in [0.25, 0.3) is 11.4 Å². The molecule has 7 heteroatoms. The van der Waals surface area contributed by atoms with E-state index in [0.29, 0.717) is 33.7 Å². The molecule has 0 unspecified atom stereocenters. The highest BCUT2D eigenvalue weighted by Crippen LogP contribution is 2.26. The second-order valence-corrected chi connectivity index (χ2v) is 6.60. The lowest BCUT2D eigenvalue weighted by Crippen LogP contribution is -2.22. The largest absolute Gasteiger partial charge is 0.497 e. The van der Waals surface area contributed by atoms with Crippen molar-refractivity contribution in [1.29, 1.82) is 0 Å². The van der Waals surface area contributed by atoms with Crippen molar-refractivity contribution in [3.63, 3.8) is 0 Å². The van der Waals surface area contributed by atoms with Crippen molar-refractivity contribution in [1.82, 2.24) is 19.9 Å². The van der Waals surface area contributed by atoms with Crippen molar-refractivity contribution >= 4 is 10.8 Å². The maximum atomic E-state index is 13.1. The summed E-state index contributed by atoms with van der Waals surface area (Å²) in [5.41, 5.74) is 1.65. The van der Waals surface area contributed by atoms with Gasteiger partial charge >= 0.3 is 0 Å². The first-order valence-electron chi connectivity index (χ1n) is 9.30. The maximum absolute atomic E-state index is 13.1. The second-order valence-electron chi connectivity index (χ2n) is 6.60. The third kappa shape index (κ3) is 3.02. The molecule has 3 aromatic carbocycles. The van der Waals surface area contributed by atoms with Crippen LogP contribution in [0.2, 0.25) is 0 Å². The summed E-state index contributed by atoms with van der Waals surface area (Å²) in [5.74, 6) is 1.39. The number of hydrogen-bond donors (Lipinski definition) is 0. The quantitative estimate of drug-likeness (QED) is 0.455. The predicted molar refractivity (Wildman–Crippen MR) is 113 cm³/mol. The van der Waals surface area contributed by atoms with Crippen LogP contribution in [-0.4, -0.2) is 27.0 Å². The van der Waals surface area contributed by atoms with Gasteiger partial charge in [0.15, 0.2) is 5.69 Å². The molecule has 0 amide bonds. The molecule has 0 bridgehead atoms. The van der Waals surface area contributed by atoms with Gasteiger partial charge in [0.2, 0.25) is 5.82 Å². The standard InChI is InChI=1S/C23H16N4O3/c1-29-17-13-11-16(12-14-17)27-23(28)19-10-6-5-9-18(19)20(25-27)22-24-21(26-30-22)15-7-3-2-4-8-15/h2-14H,1H3. The molecule has 0 aliphatic carbocycles. The first kappa shape index (κ1) is 17.8. The summed E-state index contributed by atoms with van der Waals surface area (Å²) in [6.45, 7) is 0. The van der Waals surface area contributed by atoms with Gasteiger partial charge in [0, 0.05) is 10.9 Å². The molecule has 2 heterocycles. The smallest absolute Gasteiger partial charge is 0.279 e. The van der Waals surface area contributed by atoms with Gasteiger partial charge in [-0.1, -0.05) is 53.7 Å². The lowest BCUT2D eigenvalue weighted by atomic mass is 10.1. The van der Waals surface area contributed by atoms with Crippen molar-refractivity contribution in [2.75, 3.05) is 7.11 Å². The Hall–Kier alpha value is -4.26. The fourth-order valence-corrected chi connectivity index (χ4v) is 3.27. The number of aromatic nitrogens is 4. The number of rotatable bonds is 4. The summed E-state index contributed by atoms with van der Waals surface area (Å²) in [7, 11) is 1.59. The van der Waals surface area contributed by atoms with Crippen molar-refractivity contribution < 1.29 is 9.26 Å². The van der Waals surface area contributed by atoms with Crippen LogP contribution in [0.4, 0.5) is 0 Å². The molecule has 0 radical (unpaired) electrons. The molecule has 7 nitrogen and oxygen atoms in total. The highest BCUT2D eigenvalue weighted by molar-refractivity contribution is 5.92. The van der Waals surface area contributed by atoms with E-state index in [1.54, 1.807) is 37.4 Å². The molecule has 0 saturated heterocycles. The molecular weight excluding hydrogens is 380 g/mol. The summed E-state index contributed by atoms with van der Waals surface area (Å²) in [6, 6.07) is 23.9. The Morgan fingerprint density at radius 2 is 1.57 bits per heavy atom. The molecule has 5 rings (SSSR count). The topological polar surface area (TPSA) is 83.0 Å². The van der Waals surface area contributed by atoms with Gasteiger partial charge in [-0.05, 0) is 30.3 Å². The molecule has 0 N–H and O–H groups in total. The van der Waals surface area contributed by atoms with Crippen molar-refractivity contribution in [2.24, 2.45) is 0 Å². The minimum absolute atomic E-state index is 0.234. The van der Waals surface area contributed by atoms with Crippen LogP contribution in [0, 0.1) is 0 Å². The Balaban J connectivity index is 1.71. The molecular formula is C23H16N4O3. The summed E-state index contributed by atoms with van der Waals surface area (Å²) in [6.07, 6.45) is 0. The molecule has 5 aromatic rings. The molecule has 146 valence electrons.